The van der Waals surface area contributed by atoms with Gasteiger partial charge in [-0.25, -0.2) is 4.79 Å². The Morgan fingerprint density at radius 3 is 2.42 bits per heavy atom. The van der Waals surface area contributed by atoms with Crippen LogP contribution < -0.4 is 5.32 Å². The van der Waals surface area contributed by atoms with Crippen molar-refractivity contribution < 1.29 is 14.3 Å². The van der Waals surface area contributed by atoms with Crippen LogP contribution in [0.2, 0.25) is 0 Å². The van der Waals surface area contributed by atoms with Crippen LogP contribution >= 0.6 is 0 Å². The van der Waals surface area contributed by atoms with Crippen molar-refractivity contribution in [3.8, 4) is 0 Å². The standard InChI is InChI=1S/C8H11NO3/c10-7-6(12-8(11)9-7)5-3-1-2-4-5/h5-6H,1-4H2,(H,9,10,11)/t6-/m1/s1. The molecule has 2 amide bonds. The van der Waals surface area contributed by atoms with Crippen LogP contribution in [0.3, 0.4) is 0 Å². The fourth-order valence-electron chi connectivity index (χ4n) is 1.94. The molecule has 4 nitrogen and oxygen atoms in total. The molecule has 1 saturated heterocycles. The number of carbonyl (C=O) groups is 2. The lowest BCUT2D eigenvalue weighted by molar-refractivity contribution is -0.125. The second-order valence-corrected chi connectivity index (χ2v) is 3.36. The van der Waals surface area contributed by atoms with Crippen LogP contribution in [-0.4, -0.2) is 18.1 Å². The molecule has 0 aromatic heterocycles. The van der Waals surface area contributed by atoms with Gasteiger partial charge in [-0.3, -0.25) is 10.1 Å². The van der Waals surface area contributed by atoms with Gasteiger partial charge in [0, 0.05) is 5.92 Å². The summed E-state index contributed by atoms with van der Waals surface area (Å²) in [6, 6.07) is 0. The lowest BCUT2D eigenvalue weighted by Crippen LogP contribution is -2.29. The average Bonchev–Trinajstić information content (AvgIpc) is 2.58. The third-order valence-electron chi connectivity index (χ3n) is 2.55. The minimum atomic E-state index is -0.586. The van der Waals surface area contributed by atoms with Gasteiger partial charge in [-0.2, -0.15) is 0 Å². The highest BCUT2D eigenvalue weighted by molar-refractivity contribution is 6.00. The van der Waals surface area contributed by atoms with E-state index < -0.39 is 12.2 Å². The molecule has 0 radical (unpaired) electrons. The van der Waals surface area contributed by atoms with E-state index in [1.165, 1.54) is 0 Å². The Morgan fingerprint density at radius 2 is 1.92 bits per heavy atom. The molecular formula is C8H11NO3. The number of cyclic esters (lactones) is 1. The number of hydrogen-bond acceptors (Lipinski definition) is 3. The van der Waals surface area contributed by atoms with Crippen LogP contribution in [0.5, 0.6) is 0 Å². The molecule has 1 N–H and O–H groups in total. The predicted octanol–water partition coefficient (Wildman–Crippen LogP) is 0.812. The van der Waals surface area contributed by atoms with Crippen molar-refractivity contribution in [2.24, 2.45) is 5.92 Å². The van der Waals surface area contributed by atoms with Crippen LogP contribution in [0, 0.1) is 5.92 Å². The fraction of sp³-hybridized carbons (Fsp3) is 0.750. The normalized spacial score (nSPS) is 30.5. The molecular weight excluding hydrogens is 158 g/mol. The topological polar surface area (TPSA) is 55.4 Å². The number of alkyl carbamates (subject to hydrolysis) is 1. The molecule has 0 aromatic rings. The zero-order chi connectivity index (χ0) is 8.55. The maximum Gasteiger partial charge on any atom is 0.414 e. The summed E-state index contributed by atoms with van der Waals surface area (Å²) >= 11 is 0. The summed E-state index contributed by atoms with van der Waals surface area (Å²) in [5.41, 5.74) is 0. The largest absolute Gasteiger partial charge is 0.435 e. The first-order chi connectivity index (χ1) is 5.77. The molecule has 2 rings (SSSR count). The first-order valence-electron chi connectivity index (χ1n) is 4.29. The summed E-state index contributed by atoms with van der Waals surface area (Å²) in [7, 11) is 0. The van der Waals surface area contributed by atoms with E-state index in [-0.39, 0.29) is 11.8 Å². The number of amides is 2. The summed E-state index contributed by atoms with van der Waals surface area (Å²) in [6.07, 6.45) is 3.21. The molecule has 0 aromatic carbocycles. The summed E-state index contributed by atoms with van der Waals surface area (Å²) in [6.45, 7) is 0. The van der Waals surface area contributed by atoms with Crippen LogP contribution in [0.1, 0.15) is 25.7 Å². The molecule has 1 aliphatic carbocycles. The first-order valence-corrected chi connectivity index (χ1v) is 4.29. The molecule has 1 saturated carbocycles. The zero-order valence-corrected chi connectivity index (χ0v) is 6.71. The van der Waals surface area contributed by atoms with Gasteiger partial charge in [-0.1, -0.05) is 12.8 Å². The van der Waals surface area contributed by atoms with Gasteiger partial charge < -0.3 is 4.74 Å². The Kier molecular flexibility index (Phi) is 1.75. The third-order valence-corrected chi connectivity index (χ3v) is 2.55. The van der Waals surface area contributed by atoms with Crippen LogP contribution in [0.25, 0.3) is 0 Å². The summed E-state index contributed by atoms with van der Waals surface area (Å²) in [4.78, 5) is 21.8. The molecule has 12 heavy (non-hydrogen) atoms. The van der Waals surface area contributed by atoms with Crippen molar-refractivity contribution >= 4 is 12.0 Å². The van der Waals surface area contributed by atoms with E-state index in [1.807, 2.05) is 0 Å². The molecule has 0 spiro atoms. The van der Waals surface area contributed by atoms with Gasteiger partial charge in [0.2, 0.25) is 0 Å². The van der Waals surface area contributed by atoms with Gasteiger partial charge in [0.25, 0.3) is 5.91 Å². The minimum absolute atomic E-state index is 0.257. The monoisotopic (exact) mass is 169 g/mol. The Labute approximate surface area is 70.3 Å². The third kappa shape index (κ3) is 1.17. The number of carbonyl (C=O) groups excluding carboxylic acids is 2. The van der Waals surface area contributed by atoms with Crippen LogP contribution in [0.15, 0.2) is 0 Å². The van der Waals surface area contributed by atoms with E-state index in [0.29, 0.717) is 0 Å². The molecule has 4 heteroatoms. The van der Waals surface area contributed by atoms with Gasteiger partial charge >= 0.3 is 6.09 Å². The molecule has 0 bridgehead atoms. The van der Waals surface area contributed by atoms with E-state index in [4.69, 9.17) is 4.74 Å². The van der Waals surface area contributed by atoms with Gasteiger partial charge in [0.05, 0.1) is 0 Å². The van der Waals surface area contributed by atoms with Crippen molar-refractivity contribution in [2.75, 3.05) is 0 Å². The van der Waals surface area contributed by atoms with E-state index in [2.05, 4.69) is 5.32 Å². The lowest BCUT2D eigenvalue weighted by Gasteiger charge is -2.12. The molecule has 1 aliphatic heterocycles. The second kappa shape index (κ2) is 2.77. The number of nitrogens with one attached hydrogen (secondary N) is 1. The highest BCUT2D eigenvalue weighted by atomic mass is 16.6. The van der Waals surface area contributed by atoms with E-state index in [0.717, 1.165) is 25.7 Å². The quantitative estimate of drug-likeness (QED) is 0.632. The zero-order valence-electron chi connectivity index (χ0n) is 6.71. The lowest BCUT2D eigenvalue weighted by atomic mass is 10.0. The Bertz CT molecular complexity index is 220. The van der Waals surface area contributed by atoms with Crippen molar-refractivity contribution in [3.63, 3.8) is 0 Å². The van der Waals surface area contributed by atoms with Gasteiger partial charge in [-0.05, 0) is 12.8 Å². The highest BCUT2D eigenvalue weighted by Crippen LogP contribution is 2.30. The van der Waals surface area contributed by atoms with Gasteiger partial charge in [0.1, 0.15) is 0 Å². The number of ether oxygens (including phenoxy) is 1. The SMILES string of the molecule is O=C1NC(=O)[C@@H](C2CCCC2)O1. The maximum atomic E-state index is 11.1. The number of rotatable bonds is 1. The van der Waals surface area contributed by atoms with Gasteiger partial charge in [0.15, 0.2) is 6.10 Å². The Morgan fingerprint density at radius 1 is 1.25 bits per heavy atom. The molecule has 66 valence electrons. The van der Waals surface area contributed by atoms with E-state index in [1.54, 1.807) is 0 Å². The molecule has 1 atom stereocenters. The molecule has 2 fully saturated rings. The van der Waals surface area contributed by atoms with Crippen LogP contribution in [-0.2, 0) is 9.53 Å². The molecule has 1 heterocycles. The van der Waals surface area contributed by atoms with E-state index >= 15 is 0 Å². The van der Waals surface area contributed by atoms with Gasteiger partial charge in [-0.15, -0.1) is 0 Å². The Hall–Kier alpha value is -1.06. The highest BCUT2D eigenvalue weighted by Gasteiger charge is 2.39. The van der Waals surface area contributed by atoms with Crippen LogP contribution in [0.4, 0.5) is 4.79 Å². The first kappa shape index (κ1) is 7.58. The number of imide groups is 1. The van der Waals surface area contributed by atoms with Crippen molar-refractivity contribution in [3.05, 3.63) is 0 Å². The average molecular weight is 169 g/mol. The maximum absolute atomic E-state index is 11.1. The van der Waals surface area contributed by atoms with Crippen molar-refractivity contribution in [1.82, 2.24) is 5.32 Å². The molecule has 0 unspecified atom stereocenters. The minimum Gasteiger partial charge on any atom is -0.435 e. The van der Waals surface area contributed by atoms with Crippen molar-refractivity contribution in [1.29, 1.82) is 0 Å². The predicted molar refractivity (Wildman–Crippen MR) is 40.4 cm³/mol. The smallest absolute Gasteiger partial charge is 0.414 e. The number of hydrogen-bond donors (Lipinski definition) is 1. The van der Waals surface area contributed by atoms with Crippen molar-refractivity contribution in [2.45, 2.75) is 31.8 Å². The fourth-order valence-corrected chi connectivity index (χ4v) is 1.94. The molecule has 2 aliphatic rings. The second-order valence-electron chi connectivity index (χ2n) is 3.36. The summed E-state index contributed by atoms with van der Waals surface area (Å²) in [5.74, 6) is 0.00310. The Balaban J connectivity index is 2.03. The van der Waals surface area contributed by atoms with E-state index in [9.17, 15) is 9.59 Å². The summed E-state index contributed by atoms with van der Waals surface area (Å²) < 4.78 is 4.86. The summed E-state index contributed by atoms with van der Waals surface area (Å²) in [5, 5.41) is 2.14.